The van der Waals surface area contributed by atoms with Gasteiger partial charge in [-0.25, -0.2) is 0 Å². The number of allylic oxidation sites excluding steroid dienone is 2. The summed E-state index contributed by atoms with van der Waals surface area (Å²) in [5, 5.41) is 0. The minimum Gasteiger partial charge on any atom is -0.299 e. The Morgan fingerprint density at radius 2 is 2.17 bits per heavy atom. The van der Waals surface area contributed by atoms with Crippen LogP contribution in [0, 0.1) is 0 Å². The first-order chi connectivity index (χ1) is 2.91. The van der Waals surface area contributed by atoms with Crippen molar-refractivity contribution in [3.8, 4) is 0 Å². The third-order valence-electron chi connectivity index (χ3n) is 0.243. The Kier molecular flexibility index (Phi) is 3.45. The maximum absolute atomic E-state index is 9.30. The van der Waals surface area contributed by atoms with Gasteiger partial charge in [0.1, 0.15) is 6.29 Å². The highest BCUT2D eigenvalue weighted by molar-refractivity contribution is 5.75. The Morgan fingerprint density at radius 1 is 1.50 bits per heavy atom. The van der Waals surface area contributed by atoms with Crippen LogP contribution >= 0.6 is 0 Å². The normalized spacial score (nSPS) is 8.67. The average Bonchev–Trinajstić information content (AvgIpc) is 1.61. The van der Waals surface area contributed by atoms with Crippen molar-refractivity contribution in [1.82, 2.24) is 0 Å². The zero-order valence-electron chi connectivity index (χ0n) is 3.05. The Morgan fingerprint density at radius 3 is 2.33 bits per heavy atom. The summed E-state index contributed by atoms with van der Waals surface area (Å²) in [5.41, 5.74) is 0. The van der Waals surface area contributed by atoms with E-state index in [1.54, 1.807) is 0 Å². The molecule has 31 valence electrons. The molecule has 6 heavy (non-hydrogen) atoms. The zero-order valence-corrected chi connectivity index (χ0v) is 3.05. The van der Waals surface area contributed by atoms with Gasteiger partial charge in [-0.1, -0.05) is 0 Å². The highest BCUT2D eigenvalue weighted by Gasteiger charge is 1.58. The van der Waals surface area contributed by atoms with E-state index in [2.05, 4.69) is 0 Å². The lowest BCUT2D eigenvalue weighted by molar-refractivity contribution is -0.104. The third-order valence-corrected chi connectivity index (χ3v) is 0.243. The molecular weight excluding hydrogens is 80.0 g/mol. The fraction of sp³-hybridized carbons (Fsp3) is 0. The van der Waals surface area contributed by atoms with Crippen LogP contribution in [0.5, 0.6) is 0 Å². The van der Waals surface area contributed by atoms with Gasteiger partial charge in [-0.15, -0.1) is 0 Å². The number of aldehydes is 1. The van der Waals surface area contributed by atoms with E-state index >= 15 is 0 Å². The van der Waals surface area contributed by atoms with Crippen LogP contribution in [0.25, 0.3) is 0 Å². The van der Waals surface area contributed by atoms with Gasteiger partial charge in [-0.05, 0) is 12.2 Å². The summed E-state index contributed by atoms with van der Waals surface area (Å²) in [6.07, 6.45) is 4.01. The second-order valence-electron chi connectivity index (χ2n) is 0.613. The van der Waals surface area contributed by atoms with Crippen LogP contribution in [0.3, 0.4) is 0 Å². The van der Waals surface area contributed by atoms with Crippen molar-refractivity contribution in [3.05, 3.63) is 12.2 Å². The molecule has 1 radical (unpaired) electrons. The van der Waals surface area contributed by atoms with E-state index in [1.807, 2.05) is 0 Å². The van der Waals surface area contributed by atoms with Crippen LogP contribution < -0.4 is 0 Å². The molecule has 0 spiro atoms. The summed E-state index contributed by atoms with van der Waals surface area (Å²) >= 11 is 0. The monoisotopic (exact) mass is 83.0 g/mol. The van der Waals surface area contributed by atoms with Crippen molar-refractivity contribution < 1.29 is 9.59 Å². The molecule has 2 heteroatoms. The number of hydrogen-bond donors (Lipinski definition) is 0. The van der Waals surface area contributed by atoms with Gasteiger partial charge < -0.3 is 0 Å². The fourth-order valence-corrected chi connectivity index (χ4v) is 0.0786. The predicted octanol–water partition coefficient (Wildman–Crippen LogP) is -0.149. The lowest BCUT2D eigenvalue weighted by Gasteiger charge is -1.50. The fourth-order valence-electron chi connectivity index (χ4n) is 0.0786. The van der Waals surface area contributed by atoms with E-state index in [4.69, 9.17) is 0 Å². The van der Waals surface area contributed by atoms with Gasteiger partial charge in [0.15, 0.2) is 0 Å². The minimum absolute atomic E-state index is 0.519. The Labute approximate surface area is 35.5 Å². The molecule has 0 heterocycles. The minimum atomic E-state index is 0.519. The molecule has 0 aliphatic carbocycles. The maximum atomic E-state index is 9.30. The second-order valence-corrected chi connectivity index (χ2v) is 0.613. The van der Waals surface area contributed by atoms with Crippen molar-refractivity contribution in [2.75, 3.05) is 0 Å². The number of hydrogen-bond acceptors (Lipinski definition) is 2. The topological polar surface area (TPSA) is 34.1 Å². The van der Waals surface area contributed by atoms with E-state index < -0.39 is 0 Å². The van der Waals surface area contributed by atoms with Crippen molar-refractivity contribution in [2.24, 2.45) is 0 Å². The van der Waals surface area contributed by atoms with E-state index in [9.17, 15) is 9.59 Å². The highest BCUT2D eigenvalue weighted by Crippen LogP contribution is 1.53. The lowest BCUT2D eigenvalue weighted by Crippen LogP contribution is -1.59. The van der Waals surface area contributed by atoms with Crippen LogP contribution in [0.4, 0.5) is 0 Å². The standard InChI is InChI=1S/C4H3O2/c5-3-1-2-4-6/h1-3H/b2-1+. The largest absolute Gasteiger partial charge is 0.299 e. The number of rotatable bonds is 2. The van der Waals surface area contributed by atoms with Crippen molar-refractivity contribution >= 4 is 12.6 Å². The van der Waals surface area contributed by atoms with Crippen LogP contribution in [-0.4, -0.2) is 12.6 Å². The van der Waals surface area contributed by atoms with Crippen molar-refractivity contribution in [2.45, 2.75) is 0 Å². The van der Waals surface area contributed by atoms with Gasteiger partial charge >= 0.3 is 0 Å². The molecule has 0 aliphatic rings. The quantitative estimate of drug-likeness (QED) is 0.343. The summed E-state index contributed by atoms with van der Waals surface area (Å²) in [7, 11) is 0. The summed E-state index contributed by atoms with van der Waals surface area (Å²) in [6, 6.07) is 0. The molecule has 0 bridgehead atoms. The van der Waals surface area contributed by atoms with Gasteiger partial charge in [-0.3, -0.25) is 9.59 Å². The van der Waals surface area contributed by atoms with Gasteiger partial charge in [0.2, 0.25) is 6.29 Å². The molecular formula is C4H3O2. The molecule has 0 unspecified atom stereocenters. The van der Waals surface area contributed by atoms with Crippen molar-refractivity contribution in [3.63, 3.8) is 0 Å². The molecule has 0 atom stereocenters. The van der Waals surface area contributed by atoms with E-state index in [1.165, 1.54) is 6.29 Å². The summed E-state index contributed by atoms with van der Waals surface area (Å²) in [4.78, 5) is 18.5. The third kappa shape index (κ3) is 3.08. The van der Waals surface area contributed by atoms with Gasteiger partial charge in [0, 0.05) is 0 Å². The molecule has 0 saturated carbocycles. The van der Waals surface area contributed by atoms with Crippen molar-refractivity contribution in [1.29, 1.82) is 0 Å². The molecule has 0 aromatic carbocycles. The Balaban J connectivity index is 3.17. The molecule has 0 fully saturated rings. The second kappa shape index (κ2) is 4.08. The predicted molar refractivity (Wildman–Crippen MR) is 20.9 cm³/mol. The zero-order chi connectivity index (χ0) is 4.83. The molecule has 0 aliphatic heterocycles. The Bertz CT molecular complexity index is 63.6. The van der Waals surface area contributed by atoms with Gasteiger partial charge in [0.25, 0.3) is 0 Å². The van der Waals surface area contributed by atoms with Crippen LogP contribution in [-0.2, 0) is 9.59 Å². The first-order valence-electron chi connectivity index (χ1n) is 1.40. The molecule has 0 saturated heterocycles. The smallest absolute Gasteiger partial charge is 0.225 e. The van der Waals surface area contributed by atoms with Crippen LogP contribution in [0.2, 0.25) is 0 Å². The average molecular weight is 83.1 g/mol. The van der Waals surface area contributed by atoms with E-state index in [-0.39, 0.29) is 0 Å². The summed E-state index contributed by atoms with van der Waals surface area (Å²) in [6.45, 7) is 0. The first-order valence-corrected chi connectivity index (χ1v) is 1.40. The molecule has 0 amide bonds. The summed E-state index contributed by atoms with van der Waals surface area (Å²) < 4.78 is 0. The molecule has 0 N–H and O–H groups in total. The van der Waals surface area contributed by atoms with Crippen LogP contribution in [0.15, 0.2) is 12.2 Å². The first kappa shape index (κ1) is 5.08. The Hall–Kier alpha value is -0.920. The number of carbonyl (C=O) groups is 1. The maximum Gasteiger partial charge on any atom is 0.225 e. The molecule has 0 aromatic rings. The molecule has 0 aromatic heterocycles. The van der Waals surface area contributed by atoms with Crippen LogP contribution in [0.1, 0.15) is 0 Å². The SMILES string of the molecule is O=[C]/C=C/C=O. The van der Waals surface area contributed by atoms with Gasteiger partial charge in [0.05, 0.1) is 0 Å². The molecule has 0 rings (SSSR count). The van der Waals surface area contributed by atoms with Gasteiger partial charge in [-0.2, -0.15) is 0 Å². The van der Waals surface area contributed by atoms with E-state index in [0.717, 1.165) is 12.2 Å². The highest BCUT2D eigenvalue weighted by atomic mass is 16.1. The lowest BCUT2D eigenvalue weighted by atomic mass is 10.6. The summed E-state index contributed by atoms with van der Waals surface area (Å²) in [5.74, 6) is 0. The molecule has 2 nitrogen and oxygen atoms in total. The number of carbonyl (C=O) groups excluding carboxylic acids is 2. The van der Waals surface area contributed by atoms with E-state index in [0.29, 0.717) is 6.29 Å².